The largest absolute Gasteiger partial charge is 0.493 e. The molecule has 26 heavy (non-hydrogen) atoms. The smallest absolute Gasteiger partial charge is 0.433 e. The highest BCUT2D eigenvalue weighted by Gasteiger charge is 2.39. The fourth-order valence-electron chi connectivity index (χ4n) is 2.53. The third-order valence-electron chi connectivity index (χ3n) is 3.79. The average molecular weight is 371 g/mol. The van der Waals surface area contributed by atoms with E-state index in [4.69, 9.17) is 9.47 Å². The second-order valence-electron chi connectivity index (χ2n) is 5.57. The molecule has 2 rings (SSSR count). The van der Waals surface area contributed by atoms with Gasteiger partial charge in [-0.05, 0) is 31.5 Å². The van der Waals surface area contributed by atoms with Crippen molar-refractivity contribution in [3.8, 4) is 11.5 Å². The van der Waals surface area contributed by atoms with Crippen molar-refractivity contribution in [1.29, 1.82) is 0 Å². The van der Waals surface area contributed by atoms with Crippen LogP contribution in [0.15, 0.2) is 24.4 Å². The molecule has 0 aliphatic rings. The Morgan fingerprint density at radius 3 is 2.62 bits per heavy atom. The van der Waals surface area contributed by atoms with Gasteiger partial charge in [0.1, 0.15) is 0 Å². The number of methoxy groups -OCH3 is 1. The van der Waals surface area contributed by atoms with Crippen molar-refractivity contribution in [1.82, 2.24) is 15.1 Å². The summed E-state index contributed by atoms with van der Waals surface area (Å²) in [5.74, 6) is 0.164. The number of carbonyl (C=O) groups excluding carboxylic acids is 1. The lowest BCUT2D eigenvalue weighted by Crippen LogP contribution is -2.29. The summed E-state index contributed by atoms with van der Waals surface area (Å²) in [6.45, 7) is 3.96. The van der Waals surface area contributed by atoms with Gasteiger partial charge in [0.2, 0.25) is 0 Å². The first-order valence-corrected chi connectivity index (χ1v) is 7.89. The molecule has 1 aromatic heterocycles. The van der Waals surface area contributed by atoms with Crippen LogP contribution in [-0.2, 0) is 13.2 Å². The summed E-state index contributed by atoms with van der Waals surface area (Å²) in [7, 11) is 2.62. The Morgan fingerprint density at radius 1 is 1.35 bits per heavy atom. The van der Waals surface area contributed by atoms with Crippen molar-refractivity contribution in [2.24, 2.45) is 7.05 Å². The van der Waals surface area contributed by atoms with Crippen LogP contribution in [-0.4, -0.2) is 29.4 Å². The summed E-state index contributed by atoms with van der Waals surface area (Å²) in [5.41, 5.74) is -0.952. The van der Waals surface area contributed by atoms with Crippen LogP contribution in [0.2, 0.25) is 0 Å². The topological polar surface area (TPSA) is 65.4 Å². The number of amides is 1. The molecule has 9 heteroatoms. The maximum absolute atomic E-state index is 13.1. The Morgan fingerprint density at radius 2 is 2.04 bits per heavy atom. The molecule has 0 saturated carbocycles. The number of ether oxygens (including phenoxy) is 2. The lowest BCUT2D eigenvalue weighted by molar-refractivity contribution is -0.144. The molecule has 0 fully saturated rings. The Balaban J connectivity index is 2.23. The van der Waals surface area contributed by atoms with E-state index in [2.05, 4.69) is 10.4 Å². The van der Waals surface area contributed by atoms with Crippen molar-refractivity contribution >= 4 is 5.91 Å². The first kappa shape index (κ1) is 19.6. The minimum absolute atomic E-state index is 0.462. The van der Waals surface area contributed by atoms with Gasteiger partial charge in [-0.2, -0.15) is 18.3 Å². The fourth-order valence-corrected chi connectivity index (χ4v) is 2.53. The van der Waals surface area contributed by atoms with E-state index in [1.165, 1.54) is 7.11 Å². The number of benzene rings is 1. The summed E-state index contributed by atoms with van der Waals surface area (Å²) >= 11 is 0. The second-order valence-corrected chi connectivity index (χ2v) is 5.57. The molecule has 1 N–H and O–H groups in total. The zero-order chi connectivity index (χ0) is 19.5. The zero-order valence-corrected chi connectivity index (χ0v) is 14.8. The van der Waals surface area contributed by atoms with Gasteiger partial charge >= 0.3 is 6.18 Å². The Hall–Kier alpha value is -2.71. The van der Waals surface area contributed by atoms with Crippen molar-refractivity contribution in [3.05, 3.63) is 41.2 Å². The van der Waals surface area contributed by atoms with Crippen molar-refractivity contribution in [2.75, 3.05) is 13.7 Å². The van der Waals surface area contributed by atoms with Gasteiger partial charge in [-0.15, -0.1) is 0 Å². The number of aryl methyl sites for hydroxylation is 1. The molecule has 0 spiro atoms. The number of hydrogen-bond donors (Lipinski definition) is 1. The quantitative estimate of drug-likeness (QED) is 0.846. The van der Waals surface area contributed by atoms with Gasteiger partial charge in [0, 0.05) is 7.05 Å². The van der Waals surface area contributed by atoms with Crippen LogP contribution in [0.3, 0.4) is 0 Å². The highest BCUT2D eigenvalue weighted by Crippen LogP contribution is 2.33. The number of carbonyl (C=O) groups is 1. The molecule has 1 heterocycles. The molecular formula is C17H20F3N3O3. The van der Waals surface area contributed by atoms with E-state index in [0.717, 1.165) is 13.2 Å². The Labute approximate surface area is 148 Å². The SMILES string of the molecule is CCOc1ccc([C@@H](C)NC(=O)c2cnn(C)c2C(F)(F)F)cc1OC. The number of nitrogens with zero attached hydrogens (tertiary/aromatic N) is 2. The number of nitrogens with one attached hydrogen (secondary N) is 1. The average Bonchev–Trinajstić information content (AvgIpc) is 2.97. The van der Waals surface area contributed by atoms with E-state index < -0.39 is 29.4 Å². The highest BCUT2D eigenvalue weighted by atomic mass is 19.4. The van der Waals surface area contributed by atoms with Crippen LogP contribution in [0.25, 0.3) is 0 Å². The fraction of sp³-hybridized carbons (Fsp3) is 0.412. The monoisotopic (exact) mass is 371 g/mol. The molecule has 1 atom stereocenters. The molecule has 2 aromatic rings. The first-order chi connectivity index (χ1) is 12.2. The van der Waals surface area contributed by atoms with Crippen LogP contribution in [0.4, 0.5) is 13.2 Å². The van der Waals surface area contributed by atoms with Crippen molar-refractivity contribution in [2.45, 2.75) is 26.1 Å². The predicted molar refractivity (Wildman–Crippen MR) is 88.3 cm³/mol. The summed E-state index contributed by atoms with van der Waals surface area (Å²) in [5, 5.41) is 6.10. The van der Waals surface area contributed by atoms with E-state index in [-0.39, 0.29) is 0 Å². The van der Waals surface area contributed by atoms with E-state index in [1.807, 2.05) is 6.92 Å². The standard InChI is InChI=1S/C17H20F3N3O3/c1-5-26-13-7-6-11(8-14(13)25-4)10(2)22-16(24)12-9-21-23(3)15(12)17(18,19)20/h6-10H,5H2,1-4H3,(H,22,24)/t10-/m1/s1. The van der Waals surface area contributed by atoms with E-state index in [0.29, 0.717) is 28.4 Å². The van der Waals surface area contributed by atoms with Gasteiger partial charge in [-0.1, -0.05) is 6.07 Å². The molecule has 0 aliphatic heterocycles. The van der Waals surface area contributed by atoms with Gasteiger partial charge in [-0.25, -0.2) is 0 Å². The molecule has 6 nitrogen and oxygen atoms in total. The van der Waals surface area contributed by atoms with Gasteiger partial charge in [0.05, 0.1) is 31.5 Å². The number of aromatic nitrogens is 2. The predicted octanol–water partition coefficient (Wildman–Crippen LogP) is 3.34. The van der Waals surface area contributed by atoms with Crippen molar-refractivity contribution in [3.63, 3.8) is 0 Å². The van der Waals surface area contributed by atoms with Crippen LogP contribution in [0, 0.1) is 0 Å². The zero-order valence-electron chi connectivity index (χ0n) is 14.8. The normalized spacial score (nSPS) is 12.6. The highest BCUT2D eigenvalue weighted by molar-refractivity contribution is 5.95. The molecule has 1 amide bonds. The minimum atomic E-state index is -4.68. The van der Waals surface area contributed by atoms with Crippen LogP contribution in [0.1, 0.15) is 41.5 Å². The van der Waals surface area contributed by atoms with Crippen LogP contribution in [0.5, 0.6) is 11.5 Å². The first-order valence-electron chi connectivity index (χ1n) is 7.89. The minimum Gasteiger partial charge on any atom is -0.493 e. The number of rotatable bonds is 6. The molecule has 0 bridgehead atoms. The third kappa shape index (κ3) is 4.09. The lowest BCUT2D eigenvalue weighted by Gasteiger charge is -2.17. The lowest BCUT2D eigenvalue weighted by atomic mass is 10.1. The molecule has 0 aliphatic carbocycles. The third-order valence-corrected chi connectivity index (χ3v) is 3.79. The summed E-state index contributed by atoms with van der Waals surface area (Å²) in [6, 6.07) is 4.52. The van der Waals surface area contributed by atoms with Gasteiger partial charge in [0.25, 0.3) is 5.91 Å². The molecular weight excluding hydrogens is 351 g/mol. The van der Waals surface area contributed by atoms with Gasteiger partial charge < -0.3 is 14.8 Å². The molecule has 1 aromatic carbocycles. The van der Waals surface area contributed by atoms with E-state index in [1.54, 1.807) is 25.1 Å². The van der Waals surface area contributed by atoms with E-state index >= 15 is 0 Å². The van der Waals surface area contributed by atoms with Gasteiger partial charge in [0.15, 0.2) is 17.2 Å². The molecule has 0 radical (unpaired) electrons. The second kappa shape index (κ2) is 7.67. The molecule has 0 unspecified atom stereocenters. The Bertz CT molecular complexity index is 787. The molecule has 0 saturated heterocycles. The number of halogens is 3. The Kier molecular flexibility index (Phi) is 5.79. The van der Waals surface area contributed by atoms with Crippen LogP contribution < -0.4 is 14.8 Å². The maximum atomic E-state index is 13.1. The summed E-state index contributed by atoms with van der Waals surface area (Å²) in [6.07, 6.45) is -3.77. The number of alkyl halides is 3. The van der Waals surface area contributed by atoms with E-state index in [9.17, 15) is 18.0 Å². The summed E-state index contributed by atoms with van der Waals surface area (Å²) < 4.78 is 50.6. The van der Waals surface area contributed by atoms with Gasteiger partial charge in [-0.3, -0.25) is 9.48 Å². The maximum Gasteiger partial charge on any atom is 0.433 e. The van der Waals surface area contributed by atoms with Crippen molar-refractivity contribution < 1.29 is 27.4 Å². The van der Waals surface area contributed by atoms with Crippen LogP contribution >= 0.6 is 0 Å². The number of hydrogen-bond acceptors (Lipinski definition) is 4. The molecule has 142 valence electrons. The summed E-state index contributed by atoms with van der Waals surface area (Å²) in [4.78, 5) is 12.3.